The van der Waals surface area contributed by atoms with Crippen molar-refractivity contribution in [2.45, 2.75) is 38.2 Å². The third-order valence-electron chi connectivity index (χ3n) is 3.04. The lowest BCUT2D eigenvalue weighted by atomic mass is 9.96. The molecular formula is C13H23NO3. The molecule has 0 bridgehead atoms. The molecule has 0 aliphatic carbocycles. The fraction of sp³-hybridized carbons (Fsp3) is 0.769. The van der Waals surface area contributed by atoms with E-state index in [2.05, 4.69) is 11.5 Å². The molecule has 1 fully saturated rings. The summed E-state index contributed by atoms with van der Waals surface area (Å²) in [7, 11) is 0. The number of unbranched alkanes of at least 4 members (excludes halogenated alkanes) is 3. The lowest BCUT2D eigenvalue weighted by molar-refractivity contribution is -0.164. The number of aliphatic carboxylic acids is 1. The Morgan fingerprint density at radius 1 is 1.47 bits per heavy atom. The highest BCUT2D eigenvalue weighted by Crippen LogP contribution is 2.24. The molecule has 17 heavy (non-hydrogen) atoms. The highest BCUT2D eigenvalue weighted by molar-refractivity contribution is 5.68. The van der Waals surface area contributed by atoms with E-state index in [4.69, 9.17) is 9.84 Å². The van der Waals surface area contributed by atoms with Crippen molar-refractivity contribution in [1.29, 1.82) is 0 Å². The van der Waals surface area contributed by atoms with E-state index >= 15 is 0 Å². The average Bonchev–Trinajstić information content (AvgIpc) is 2.23. The highest BCUT2D eigenvalue weighted by atomic mass is 16.5. The predicted molar refractivity (Wildman–Crippen MR) is 67.1 cm³/mol. The van der Waals surface area contributed by atoms with E-state index in [9.17, 15) is 4.79 Å². The number of nitrogens with zero attached hydrogens (tertiary/aromatic N) is 1. The SMILES string of the molecule is C=CCCCCCN1CC(C)(OCC(=O)O)C1. The minimum atomic E-state index is -0.894. The second-order valence-electron chi connectivity index (χ2n) is 4.98. The average molecular weight is 241 g/mol. The van der Waals surface area contributed by atoms with Crippen molar-refractivity contribution < 1.29 is 14.6 Å². The van der Waals surface area contributed by atoms with Crippen LogP contribution >= 0.6 is 0 Å². The summed E-state index contributed by atoms with van der Waals surface area (Å²) in [5, 5.41) is 8.54. The first kappa shape index (κ1) is 14.2. The van der Waals surface area contributed by atoms with E-state index in [1.54, 1.807) is 0 Å². The van der Waals surface area contributed by atoms with Crippen molar-refractivity contribution in [3.05, 3.63) is 12.7 Å². The van der Waals surface area contributed by atoms with Crippen molar-refractivity contribution in [1.82, 2.24) is 4.90 Å². The van der Waals surface area contributed by atoms with Crippen LogP contribution in [0.5, 0.6) is 0 Å². The van der Waals surface area contributed by atoms with Gasteiger partial charge in [0.1, 0.15) is 6.61 Å². The fourth-order valence-corrected chi connectivity index (χ4v) is 2.19. The van der Waals surface area contributed by atoms with Crippen molar-refractivity contribution in [2.24, 2.45) is 0 Å². The summed E-state index contributed by atoms with van der Waals surface area (Å²) in [5.74, 6) is -0.894. The Morgan fingerprint density at radius 3 is 2.76 bits per heavy atom. The minimum absolute atomic E-state index is 0.191. The third-order valence-corrected chi connectivity index (χ3v) is 3.04. The number of rotatable bonds is 9. The Balaban J connectivity index is 2.01. The van der Waals surface area contributed by atoms with Crippen LogP contribution < -0.4 is 0 Å². The van der Waals surface area contributed by atoms with Crippen LogP contribution in [0, 0.1) is 0 Å². The van der Waals surface area contributed by atoms with E-state index in [1.165, 1.54) is 19.3 Å². The second kappa shape index (κ2) is 6.77. The predicted octanol–water partition coefficient (Wildman–Crippen LogP) is 1.91. The maximum atomic E-state index is 10.4. The van der Waals surface area contributed by atoms with Gasteiger partial charge >= 0.3 is 5.97 Å². The topological polar surface area (TPSA) is 49.8 Å². The van der Waals surface area contributed by atoms with E-state index in [0.717, 1.165) is 26.1 Å². The molecule has 0 aromatic carbocycles. The molecule has 0 atom stereocenters. The lowest BCUT2D eigenvalue weighted by Gasteiger charge is -2.47. The molecule has 1 saturated heterocycles. The summed E-state index contributed by atoms with van der Waals surface area (Å²) >= 11 is 0. The molecule has 0 amide bonds. The van der Waals surface area contributed by atoms with E-state index in [0.29, 0.717) is 0 Å². The smallest absolute Gasteiger partial charge is 0.329 e. The summed E-state index contributed by atoms with van der Waals surface area (Å²) in [6.45, 7) is 8.27. The molecule has 98 valence electrons. The van der Waals surface area contributed by atoms with Gasteiger partial charge in [-0.2, -0.15) is 0 Å². The molecule has 1 N–H and O–H groups in total. The van der Waals surface area contributed by atoms with E-state index in [1.807, 2.05) is 13.0 Å². The van der Waals surface area contributed by atoms with Crippen LogP contribution in [0.4, 0.5) is 0 Å². The molecule has 1 aliphatic heterocycles. The van der Waals surface area contributed by atoms with Crippen LogP contribution in [0.15, 0.2) is 12.7 Å². The number of carboxylic acid groups (broad SMARTS) is 1. The normalized spacial score (nSPS) is 18.6. The second-order valence-corrected chi connectivity index (χ2v) is 4.98. The first-order valence-corrected chi connectivity index (χ1v) is 6.25. The molecule has 4 heteroatoms. The molecule has 1 aliphatic rings. The number of carboxylic acids is 1. The van der Waals surface area contributed by atoms with Crippen molar-refractivity contribution in [3.63, 3.8) is 0 Å². The van der Waals surface area contributed by atoms with Gasteiger partial charge < -0.3 is 9.84 Å². The zero-order chi connectivity index (χ0) is 12.7. The molecule has 0 unspecified atom stereocenters. The molecule has 1 rings (SSSR count). The molecule has 4 nitrogen and oxygen atoms in total. The summed E-state index contributed by atoms with van der Waals surface area (Å²) < 4.78 is 5.35. The van der Waals surface area contributed by atoms with Crippen LogP contribution in [0.25, 0.3) is 0 Å². The maximum absolute atomic E-state index is 10.4. The lowest BCUT2D eigenvalue weighted by Crippen LogP contribution is -2.61. The largest absolute Gasteiger partial charge is 0.480 e. The van der Waals surface area contributed by atoms with Crippen molar-refractivity contribution in [2.75, 3.05) is 26.2 Å². The van der Waals surface area contributed by atoms with Crippen LogP contribution in [0.1, 0.15) is 32.6 Å². The van der Waals surface area contributed by atoms with Crippen molar-refractivity contribution in [3.8, 4) is 0 Å². The zero-order valence-corrected chi connectivity index (χ0v) is 10.7. The first-order chi connectivity index (χ1) is 8.06. The quantitative estimate of drug-likeness (QED) is 0.495. The van der Waals surface area contributed by atoms with Crippen LogP contribution in [-0.2, 0) is 9.53 Å². The number of likely N-dealkylation sites (tertiary alicyclic amines) is 1. The van der Waals surface area contributed by atoms with E-state index < -0.39 is 5.97 Å². The Morgan fingerprint density at radius 2 is 2.18 bits per heavy atom. The number of hydrogen-bond donors (Lipinski definition) is 1. The van der Waals surface area contributed by atoms with Gasteiger partial charge in [-0.15, -0.1) is 6.58 Å². The summed E-state index contributed by atoms with van der Waals surface area (Å²) in [6.07, 6.45) is 6.70. The Hall–Kier alpha value is -0.870. The van der Waals surface area contributed by atoms with Crippen molar-refractivity contribution >= 4 is 5.97 Å². The van der Waals surface area contributed by atoms with Gasteiger partial charge in [-0.3, -0.25) is 4.90 Å². The van der Waals surface area contributed by atoms with Gasteiger partial charge in [0.05, 0.1) is 5.60 Å². The zero-order valence-electron chi connectivity index (χ0n) is 10.7. The Labute approximate surface area is 103 Å². The standard InChI is InChI=1S/C13H23NO3/c1-3-4-5-6-7-8-14-10-13(2,11-14)17-9-12(15)16/h3H,1,4-11H2,2H3,(H,15,16). The number of carbonyl (C=O) groups is 1. The van der Waals surface area contributed by atoms with E-state index in [-0.39, 0.29) is 12.2 Å². The third kappa shape index (κ3) is 5.33. The fourth-order valence-electron chi connectivity index (χ4n) is 2.19. The monoisotopic (exact) mass is 241 g/mol. The molecule has 0 saturated carbocycles. The van der Waals surface area contributed by atoms with Gasteiger partial charge in [0.2, 0.25) is 0 Å². The van der Waals surface area contributed by atoms with Crippen LogP contribution in [-0.4, -0.2) is 47.8 Å². The first-order valence-electron chi connectivity index (χ1n) is 6.25. The molecule has 0 aromatic rings. The van der Waals surface area contributed by atoms with Gasteiger partial charge in [-0.25, -0.2) is 4.79 Å². The summed E-state index contributed by atoms with van der Waals surface area (Å²) in [4.78, 5) is 12.7. The van der Waals surface area contributed by atoms with Gasteiger partial charge in [-0.1, -0.05) is 12.5 Å². The minimum Gasteiger partial charge on any atom is -0.480 e. The summed E-state index contributed by atoms with van der Waals surface area (Å²) in [6, 6.07) is 0. The molecular weight excluding hydrogens is 218 g/mol. The van der Waals surface area contributed by atoms with Crippen LogP contribution in [0.3, 0.4) is 0 Å². The molecule has 0 spiro atoms. The molecule has 0 aromatic heterocycles. The number of hydrogen-bond acceptors (Lipinski definition) is 3. The number of ether oxygens (including phenoxy) is 1. The molecule has 0 radical (unpaired) electrons. The Bertz CT molecular complexity index is 259. The maximum Gasteiger partial charge on any atom is 0.329 e. The van der Waals surface area contributed by atoms with Gasteiger partial charge in [-0.05, 0) is 32.7 Å². The number of allylic oxidation sites excluding steroid dienone is 1. The van der Waals surface area contributed by atoms with Crippen LogP contribution in [0.2, 0.25) is 0 Å². The van der Waals surface area contributed by atoms with Gasteiger partial charge in [0, 0.05) is 13.1 Å². The van der Waals surface area contributed by atoms with Gasteiger partial charge in [0.25, 0.3) is 0 Å². The summed E-state index contributed by atoms with van der Waals surface area (Å²) in [5.41, 5.74) is -0.250. The van der Waals surface area contributed by atoms with Gasteiger partial charge in [0.15, 0.2) is 0 Å². The molecule has 1 heterocycles. The highest BCUT2D eigenvalue weighted by Gasteiger charge is 2.39. The Kier molecular flexibility index (Phi) is 5.65.